The Balaban J connectivity index is 1.31. The molecule has 5 aliphatic rings. The lowest BCUT2D eigenvalue weighted by molar-refractivity contribution is -0.212. The highest BCUT2D eigenvalue weighted by atomic mass is 16.6. The third kappa shape index (κ3) is 9.51. The Morgan fingerprint density at radius 1 is 0.953 bits per heavy atom. The number of carbonyl (C=O) groups excluding carboxylic acids is 3. The lowest BCUT2D eigenvalue weighted by Gasteiger charge is -2.56. The summed E-state index contributed by atoms with van der Waals surface area (Å²) in [5, 5.41) is 61.9. The number of anilines is 1. The molecule has 6 N–H and O–H groups in total. The average Bonchev–Trinajstić information content (AvgIpc) is 3.27. The van der Waals surface area contributed by atoms with Crippen molar-refractivity contribution in [3.05, 3.63) is 99.6 Å². The van der Waals surface area contributed by atoms with Crippen molar-refractivity contribution in [2.75, 3.05) is 25.6 Å². The Hall–Kier alpha value is -5.03. The number of aliphatic hydroxyl groups excluding tert-OH is 2. The summed E-state index contributed by atoms with van der Waals surface area (Å²) in [6.45, 7) is 3.93. The van der Waals surface area contributed by atoms with Gasteiger partial charge in [-0.15, -0.1) is 0 Å². The first-order valence-electron chi connectivity index (χ1n) is 22.9. The zero-order valence-electron chi connectivity index (χ0n) is 37.0. The fraction of sp³-hybridized carbons (Fsp3) is 0.519. The quantitative estimate of drug-likeness (QED) is 0.0841. The maximum Gasteiger partial charge on any atom is 0.334 e. The van der Waals surface area contributed by atoms with Crippen LogP contribution in [0, 0.1) is 35.5 Å². The van der Waals surface area contributed by atoms with Crippen molar-refractivity contribution in [3.8, 4) is 23.3 Å². The molecule has 2 aliphatic carbocycles. The molecule has 10 bridgehead atoms. The molecule has 3 aliphatic heterocycles. The Kier molecular flexibility index (Phi) is 13.4. The molecule has 0 amide bonds. The van der Waals surface area contributed by atoms with Gasteiger partial charge in [-0.2, -0.15) is 0 Å². The zero-order valence-corrected chi connectivity index (χ0v) is 37.0. The third-order valence-electron chi connectivity index (χ3n) is 14.6. The lowest BCUT2D eigenvalue weighted by Crippen LogP contribution is -2.63. The molecule has 0 aromatic heterocycles. The van der Waals surface area contributed by atoms with E-state index in [9.17, 15) is 35.1 Å². The molecule has 2 fully saturated rings. The van der Waals surface area contributed by atoms with E-state index in [4.69, 9.17) is 14.2 Å². The third-order valence-corrected chi connectivity index (χ3v) is 14.6. The van der Waals surface area contributed by atoms with E-state index >= 15 is 4.79 Å². The standard InChI is InChI=1S/C52H61NO11/c1-4-38-10-11-41-43-20-31-7-5-6-30(16-31)19-40(55)23-37-21-33(35-17-32(28-54)18-39(22-35)53-29-51(2,60)14-15-62-3)8-9-34-26-49(58)63-47-27-46(57)36(24-42(34)47)25-48(64-50(37)59)52(38,61)44(41)12-13-45(43)56/h5-7,16-18,22-24,27,33-34,38,40-41,43-44,48,53-55,57,60-61H,4,10-15,19-21,25-26,28-29H2,1-3H3. The van der Waals surface area contributed by atoms with Gasteiger partial charge in [-0.1, -0.05) is 55.5 Å². The second kappa shape index (κ2) is 18.8. The summed E-state index contributed by atoms with van der Waals surface area (Å²) < 4.78 is 17.5. The number of ketones is 1. The van der Waals surface area contributed by atoms with Crippen LogP contribution in [0.5, 0.6) is 11.5 Å². The molecule has 0 spiro atoms. The minimum atomic E-state index is -1.61. The van der Waals surface area contributed by atoms with Crippen LogP contribution < -0.4 is 10.1 Å². The maximum absolute atomic E-state index is 15.2. The Morgan fingerprint density at radius 3 is 2.50 bits per heavy atom. The average molecular weight is 876 g/mol. The summed E-state index contributed by atoms with van der Waals surface area (Å²) in [4.78, 5) is 42.1. The summed E-state index contributed by atoms with van der Waals surface area (Å²) in [5.41, 5.74) is 1.92. The van der Waals surface area contributed by atoms with Crippen molar-refractivity contribution in [2.45, 2.75) is 126 Å². The minimum absolute atomic E-state index is 0.0549. The van der Waals surface area contributed by atoms with Crippen LogP contribution in [0.1, 0.15) is 110 Å². The van der Waals surface area contributed by atoms with E-state index in [-0.39, 0.29) is 85.9 Å². The highest BCUT2D eigenvalue weighted by Gasteiger charge is 2.59. The maximum atomic E-state index is 15.2. The molecule has 0 radical (unpaired) electrons. The number of hydrogen-bond donors (Lipinski definition) is 6. The van der Waals surface area contributed by atoms with E-state index in [1.165, 1.54) is 12.1 Å². The van der Waals surface area contributed by atoms with Gasteiger partial charge in [-0.25, -0.2) is 4.79 Å². The molecule has 2 saturated carbocycles. The number of Topliss-reactive ketones (excluding diaryl/α,β-unsaturated/α-hetero) is 1. The number of phenolic OH excluding ortho intramolecular Hbond substituents is 1. The number of methoxy groups -OCH3 is 1. The van der Waals surface area contributed by atoms with E-state index in [0.29, 0.717) is 66.7 Å². The molecule has 3 aromatic rings. The van der Waals surface area contributed by atoms with Crippen molar-refractivity contribution >= 4 is 23.4 Å². The van der Waals surface area contributed by atoms with Crippen LogP contribution in [-0.2, 0) is 49.7 Å². The first kappa shape index (κ1) is 45.5. The number of ether oxygens (including phenoxy) is 3. The van der Waals surface area contributed by atoms with Crippen LogP contribution in [0.25, 0.3) is 0 Å². The summed E-state index contributed by atoms with van der Waals surface area (Å²) >= 11 is 0. The van der Waals surface area contributed by atoms with Gasteiger partial charge in [0.1, 0.15) is 29.0 Å². The summed E-state index contributed by atoms with van der Waals surface area (Å²) in [6, 6.07) is 16.4. The predicted molar refractivity (Wildman–Crippen MR) is 238 cm³/mol. The van der Waals surface area contributed by atoms with E-state index < -0.39 is 53.1 Å². The number of carbonyl (C=O) groups is 3. The van der Waals surface area contributed by atoms with Gasteiger partial charge in [0.05, 0.1) is 30.7 Å². The van der Waals surface area contributed by atoms with Crippen LogP contribution in [0.15, 0.2) is 66.2 Å². The molecule has 10 unspecified atom stereocenters. The Bertz CT molecular complexity index is 2360. The molecule has 10 atom stereocenters. The number of nitrogens with one attached hydrogen (secondary N) is 1. The van der Waals surface area contributed by atoms with E-state index in [1.807, 2.05) is 37.3 Å². The van der Waals surface area contributed by atoms with Crippen molar-refractivity contribution in [2.24, 2.45) is 23.7 Å². The highest BCUT2D eigenvalue weighted by molar-refractivity contribution is 5.89. The first-order valence-corrected chi connectivity index (χ1v) is 22.9. The Morgan fingerprint density at radius 2 is 1.73 bits per heavy atom. The van der Waals surface area contributed by atoms with Gasteiger partial charge in [-0.3, -0.25) is 9.59 Å². The van der Waals surface area contributed by atoms with Crippen molar-refractivity contribution in [1.29, 1.82) is 0 Å². The number of rotatable bonds is 9. The summed E-state index contributed by atoms with van der Waals surface area (Å²) in [6.07, 6.45) is 2.62. The number of fused-ring (bicyclic) bond motifs is 7. The zero-order chi connectivity index (χ0) is 45.3. The number of esters is 2. The van der Waals surface area contributed by atoms with Gasteiger partial charge in [0.15, 0.2) is 0 Å². The SMILES string of the molecule is CCC1CCC2C3Cc4cccc(c4)CC(O)C=C4CC(c5cc(CO)cc(NCC(C)(O)CCOC)c5)C#CC5CC(=O)Oc6cc(O)c(cc65)CC(OC4=O)C1(O)C2CCC3=O. The number of benzene rings is 3. The smallest absolute Gasteiger partial charge is 0.334 e. The van der Waals surface area contributed by atoms with Crippen LogP contribution in [0.4, 0.5) is 5.69 Å². The molecular weight excluding hydrogens is 815 g/mol. The van der Waals surface area contributed by atoms with E-state index in [2.05, 4.69) is 17.2 Å². The van der Waals surface area contributed by atoms with Gasteiger partial charge in [0.2, 0.25) is 0 Å². The molecule has 3 heterocycles. The largest absolute Gasteiger partial charge is 0.508 e. The highest BCUT2D eigenvalue weighted by Crippen LogP contribution is 2.54. The van der Waals surface area contributed by atoms with E-state index in [1.54, 1.807) is 32.2 Å². The monoisotopic (exact) mass is 875 g/mol. The fourth-order valence-corrected chi connectivity index (χ4v) is 11.2. The van der Waals surface area contributed by atoms with Gasteiger partial charge in [0, 0.05) is 80.7 Å². The molecule has 340 valence electrons. The van der Waals surface area contributed by atoms with Crippen LogP contribution >= 0.6 is 0 Å². The van der Waals surface area contributed by atoms with Gasteiger partial charge >= 0.3 is 11.9 Å². The fourth-order valence-electron chi connectivity index (χ4n) is 11.2. The van der Waals surface area contributed by atoms with Crippen molar-refractivity contribution in [1.82, 2.24) is 0 Å². The molecule has 0 saturated heterocycles. The number of hydrogen-bond acceptors (Lipinski definition) is 12. The number of phenols is 1. The molecule has 8 rings (SSSR count). The second-order valence-electron chi connectivity index (χ2n) is 19.0. The first-order chi connectivity index (χ1) is 30.7. The lowest BCUT2D eigenvalue weighted by atomic mass is 9.53. The molecule has 12 nitrogen and oxygen atoms in total. The molecule has 12 heteroatoms. The molecule has 64 heavy (non-hydrogen) atoms. The number of aliphatic hydroxyl groups is 4. The van der Waals surface area contributed by atoms with Crippen LogP contribution in [0.3, 0.4) is 0 Å². The second-order valence-corrected chi connectivity index (χ2v) is 19.0. The van der Waals surface area contributed by atoms with Crippen LogP contribution in [-0.4, -0.2) is 86.9 Å². The van der Waals surface area contributed by atoms with E-state index in [0.717, 1.165) is 17.5 Å². The molecule has 3 aromatic carbocycles. The van der Waals surface area contributed by atoms with Gasteiger partial charge in [0.25, 0.3) is 0 Å². The van der Waals surface area contributed by atoms with Gasteiger partial charge in [-0.05, 0) is 109 Å². The minimum Gasteiger partial charge on any atom is -0.508 e. The normalized spacial score (nSPS) is 30.0. The summed E-state index contributed by atoms with van der Waals surface area (Å²) in [7, 11) is 1.57. The molecular formula is C52H61NO11. The topological polar surface area (TPSA) is 192 Å². The summed E-state index contributed by atoms with van der Waals surface area (Å²) in [5.74, 6) is 2.90. The van der Waals surface area contributed by atoms with Gasteiger partial charge < -0.3 is 45.1 Å². The van der Waals surface area contributed by atoms with Crippen LogP contribution in [0.2, 0.25) is 0 Å². The Labute approximate surface area is 375 Å². The van der Waals surface area contributed by atoms with Crippen molar-refractivity contribution in [3.63, 3.8) is 0 Å². The number of aromatic hydroxyl groups is 1. The van der Waals surface area contributed by atoms with Crippen molar-refractivity contribution < 1.29 is 54.1 Å². The predicted octanol–water partition coefficient (Wildman–Crippen LogP) is 5.97.